The van der Waals surface area contributed by atoms with Crippen molar-refractivity contribution in [3.05, 3.63) is 66.6 Å². The molecule has 6 heteroatoms. The Hall–Kier alpha value is -2.99. The fourth-order valence-corrected chi connectivity index (χ4v) is 2.93. The fraction of sp³-hybridized carbons (Fsp3) is 0.286. The summed E-state index contributed by atoms with van der Waals surface area (Å²) in [5.41, 5.74) is 8.66. The van der Waals surface area contributed by atoms with Crippen molar-refractivity contribution >= 4 is 5.91 Å². The first-order valence-corrected chi connectivity index (χ1v) is 9.29. The number of nitrogens with one attached hydrogen (secondary N) is 1. The molecule has 0 fully saturated rings. The molecule has 2 heterocycles. The van der Waals surface area contributed by atoms with Crippen LogP contribution in [0.3, 0.4) is 0 Å². The van der Waals surface area contributed by atoms with Crippen molar-refractivity contribution in [2.75, 3.05) is 6.54 Å². The van der Waals surface area contributed by atoms with Crippen molar-refractivity contribution in [2.24, 2.45) is 5.73 Å². The first kappa shape index (κ1) is 18.8. The fourth-order valence-electron chi connectivity index (χ4n) is 2.93. The van der Waals surface area contributed by atoms with E-state index in [9.17, 15) is 4.79 Å². The molecular formula is C21H25N5O. The second kappa shape index (κ2) is 9.09. The van der Waals surface area contributed by atoms with Gasteiger partial charge in [0.15, 0.2) is 0 Å². The predicted molar refractivity (Wildman–Crippen MR) is 107 cm³/mol. The van der Waals surface area contributed by atoms with Crippen LogP contribution < -0.4 is 11.1 Å². The van der Waals surface area contributed by atoms with E-state index in [1.807, 2.05) is 42.5 Å². The zero-order valence-corrected chi connectivity index (χ0v) is 15.5. The molecule has 6 nitrogen and oxygen atoms in total. The number of amides is 1. The minimum absolute atomic E-state index is 0.0423. The van der Waals surface area contributed by atoms with Crippen LogP contribution in [0.5, 0.6) is 0 Å². The highest BCUT2D eigenvalue weighted by Gasteiger charge is 2.20. The van der Waals surface area contributed by atoms with Crippen LogP contribution in [0.25, 0.3) is 16.9 Å². The molecule has 27 heavy (non-hydrogen) atoms. The monoisotopic (exact) mass is 363 g/mol. The second-order valence-electron chi connectivity index (χ2n) is 6.46. The lowest BCUT2D eigenvalue weighted by Crippen LogP contribution is -2.40. The van der Waals surface area contributed by atoms with Gasteiger partial charge in [-0.1, -0.05) is 38.0 Å². The average Bonchev–Trinajstić information content (AvgIpc) is 3.18. The van der Waals surface area contributed by atoms with E-state index in [1.165, 1.54) is 0 Å². The maximum atomic E-state index is 13.0. The van der Waals surface area contributed by atoms with Crippen LogP contribution in [0.4, 0.5) is 0 Å². The quantitative estimate of drug-likeness (QED) is 0.644. The predicted octanol–water partition coefficient (Wildman–Crippen LogP) is 3.18. The molecule has 1 unspecified atom stereocenters. The number of para-hydroxylation sites is 1. The maximum absolute atomic E-state index is 13.0. The van der Waals surface area contributed by atoms with Gasteiger partial charge in [-0.15, -0.1) is 0 Å². The van der Waals surface area contributed by atoms with Gasteiger partial charge in [0.2, 0.25) is 0 Å². The molecule has 0 spiro atoms. The Balaban J connectivity index is 1.95. The zero-order valence-electron chi connectivity index (χ0n) is 15.5. The summed E-state index contributed by atoms with van der Waals surface area (Å²) in [5, 5.41) is 7.71. The Morgan fingerprint density at radius 3 is 2.70 bits per heavy atom. The largest absolute Gasteiger partial charge is 0.348 e. The summed E-state index contributed by atoms with van der Waals surface area (Å²) >= 11 is 0. The molecule has 1 atom stereocenters. The number of hydrogen-bond acceptors (Lipinski definition) is 4. The molecule has 3 rings (SSSR count). The molecule has 0 aliphatic heterocycles. The smallest absolute Gasteiger partial charge is 0.255 e. The lowest BCUT2D eigenvalue weighted by Gasteiger charge is -2.16. The highest BCUT2D eigenvalue weighted by atomic mass is 16.1. The molecule has 0 saturated heterocycles. The first-order valence-electron chi connectivity index (χ1n) is 9.29. The Morgan fingerprint density at radius 1 is 1.22 bits per heavy atom. The number of benzene rings is 1. The second-order valence-corrected chi connectivity index (χ2v) is 6.46. The molecule has 1 amide bonds. The first-order chi connectivity index (χ1) is 13.2. The normalized spacial score (nSPS) is 11.9. The van der Waals surface area contributed by atoms with Crippen molar-refractivity contribution < 1.29 is 4.79 Å². The van der Waals surface area contributed by atoms with Crippen LogP contribution in [0, 0.1) is 0 Å². The molecule has 0 aliphatic rings. The van der Waals surface area contributed by atoms with Crippen molar-refractivity contribution in [1.82, 2.24) is 20.1 Å². The van der Waals surface area contributed by atoms with Gasteiger partial charge in [-0.2, -0.15) is 5.10 Å². The summed E-state index contributed by atoms with van der Waals surface area (Å²) in [7, 11) is 0. The van der Waals surface area contributed by atoms with E-state index in [2.05, 4.69) is 22.3 Å². The standard InChI is InChI=1S/C21H25N5O/c1-2-3-9-17(13-22)24-21(27)19-15-26(18-10-5-4-6-11-18)25-20(19)16-8-7-12-23-14-16/h4-8,10-12,14-15,17H,2-3,9,13,22H2,1H3,(H,24,27). The third-order valence-electron chi connectivity index (χ3n) is 4.44. The number of hydrogen-bond donors (Lipinski definition) is 2. The number of aromatic nitrogens is 3. The summed E-state index contributed by atoms with van der Waals surface area (Å²) in [6, 6.07) is 13.4. The number of carbonyl (C=O) groups is 1. The van der Waals surface area contributed by atoms with Crippen LogP contribution in [-0.2, 0) is 0 Å². The lowest BCUT2D eigenvalue weighted by molar-refractivity contribution is 0.0936. The summed E-state index contributed by atoms with van der Waals surface area (Å²) in [5.74, 6) is -0.164. The van der Waals surface area contributed by atoms with E-state index < -0.39 is 0 Å². The van der Waals surface area contributed by atoms with Gasteiger partial charge in [0.25, 0.3) is 5.91 Å². The molecular weight excluding hydrogens is 338 g/mol. The van der Waals surface area contributed by atoms with E-state index in [-0.39, 0.29) is 11.9 Å². The number of pyridine rings is 1. The van der Waals surface area contributed by atoms with Gasteiger partial charge < -0.3 is 11.1 Å². The van der Waals surface area contributed by atoms with E-state index in [0.29, 0.717) is 17.8 Å². The Morgan fingerprint density at radius 2 is 2.04 bits per heavy atom. The van der Waals surface area contributed by atoms with E-state index in [0.717, 1.165) is 30.5 Å². The van der Waals surface area contributed by atoms with Gasteiger partial charge in [-0.25, -0.2) is 4.68 Å². The molecule has 0 saturated carbocycles. The Kier molecular flexibility index (Phi) is 6.33. The van der Waals surface area contributed by atoms with Crippen LogP contribution in [0.2, 0.25) is 0 Å². The van der Waals surface area contributed by atoms with Crippen LogP contribution in [0.15, 0.2) is 61.1 Å². The molecule has 3 N–H and O–H groups in total. The topological polar surface area (TPSA) is 85.8 Å². The third kappa shape index (κ3) is 4.60. The minimum Gasteiger partial charge on any atom is -0.348 e. The van der Waals surface area contributed by atoms with Crippen LogP contribution in [-0.4, -0.2) is 33.3 Å². The van der Waals surface area contributed by atoms with E-state index in [1.54, 1.807) is 23.3 Å². The number of carbonyl (C=O) groups excluding carboxylic acids is 1. The van der Waals surface area contributed by atoms with Crippen LogP contribution >= 0.6 is 0 Å². The van der Waals surface area contributed by atoms with Gasteiger partial charge in [0, 0.05) is 36.7 Å². The van der Waals surface area contributed by atoms with Crippen molar-refractivity contribution in [1.29, 1.82) is 0 Å². The van der Waals surface area contributed by atoms with Gasteiger partial charge >= 0.3 is 0 Å². The number of nitrogens with zero attached hydrogens (tertiary/aromatic N) is 3. The number of nitrogens with two attached hydrogens (primary N) is 1. The van der Waals surface area contributed by atoms with Crippen molar-refractivity contribution in [3.8, 4) is 16.9 Å². The minimum atomic E-state index is -0.164. The van der Waals surface area contributed by atoms with Gasteiger partial charge in [-0.3, -0.25) is 9.78 Å². The summed E-state index contributed by atoms with van der Waals surface area (Å²) in [4.78, 5) is 17.1. The van der Waals surface area contributed by atoms with Gasteiger partial charge in [0.1, 0.15) is 5.69 Å². The van der Waals surface area contributed by atoms with E-state index >= 15 is 0 Å². The summed E-state index contributed by atoms with van der Waals surface area (Å²) in [6.45, 7) is 2.54. The highest BCUT2D eigenvalue weighted by Crippen LogP contribution is 2.23. The van der Waals surface area contributed by atoms with Crippen molar-refractivity contribution in [3.63, 3.8) is 0 Å². The van der Waals surface area contributed by atoms with E-state index in [4.69, 9.17) is 5.73 Å². The van der Waals surface area contributed by atoms with Gasteiger partial charge in [0.05, 0.1) is 11.3 Å². The lowest BCUT2D eigenvalue weighted by atomic mass is 10.1. The van der Waals surface area contributed by atoms with Crippen LogP contribution in [0.1, 0.15) is 36.5 Å². The SMILES string of the molecule is CCCCC(CN)NC(=O)c1cn(-c2ccccc2)nc1-c1cccnc1. The molecule has 3 aromatic rings. The molecule has 0 radical (unpaired) electrons. The number of rotatable bonds is 8. The highest BCUT2D eigenvalue weighted by molar-refractivity contribution is 6.00. The van der Waals surface area contributed by atoms with Gasteiger partial charge in [-0.05, 0) is 30.7 Å². The Bertz CT molecular complexity index is 861. The molecule has 140 valence electrons. The molecule has 1 aromatic carbocycles. The zero-order chi connectivity index (χ0) is 19.1. The number of unbranched alkanes of at least 4 members (excludes halogenated alkanes) is 1. The maximum Gasteiger partial charge on any atom is 0.255 e. The Labute approximate surface area is 159 Å². The molecule has 0 bridgehead atoms. The third-order valence-corrected chi connectivity index (χ3v) is 4.44. The summed E-state index contributed by atoms with van der Waals surface area (Å²) < 4.78 is 1.72. The average molecular weight is 363 g/mol. The van der Waals surface area contributed by atoms with Crippen molar-refractivity contribution in [2.45, 2.75) is 32.2 Å². The summed E-state index contributed by atoms with van der Waals surface area (Å²) in [6.07, 6.45) is 8.15. The molecule has 0 aliphatic carbocycles. The molecule has 2 aromatic heterocycles.